The Labute approximate surface area is 142 Å². The van der Waals surface area contributed by atoms with Gasteiger partial charge in [-0.1, -0.05) is 5.16 Å². The smallest absolute Gasteiger partial charge is 0.255 e. The van der Waals surface area contributed by atoms with E-state index in [9.17, 15) is 0 Å². The van der Waals surface area contributed by atoms with Crippen molar-refractivity contribution in [2.45, 2.75) is 45.8 Å². The van der Waals surface area contributed by atoms with Crippen LogP contribution in [0.25, 0.3) is 0 Å². The van der Waals surface area contributed by atoms with E-state index in [0.717, 1.165) is 25.9 Å². The van der Waals surface area contributed by atoms with Gasteiger partial charge in [-0.05, 0) is 33.6 Å². The number of nitrogens with zero attached hydrogens (tertiary/aromatic N) is 4. The van der Waals surface area contributed by atoms with Gasteiger partial charge in [0.1, 0.15) is 6.10 Å². The third-order valence-corrected chi connectivity index (χ3v) is 3.47. The summed E-state index contributed by atoms with van der Waals surface area (Å²) in [5.74, 6) is 1.78. The number of aliphatic imine (C=N–C) groups is 1. The van der Waals surface area contributed by atoms with Crippen molar-refractivity contribution < 1.29 is 9.26 Å². The maximum absolute atomic E-state index is 5.95. The van der Waals surface area contributed by atoms with E-state index in [4.69, 9.17) is 15.0 Å². The van der Waals surface area contributed by atoms with E-state index in [0.29, 0.717) is 24.2 Å². The molecule has 0 radical (unpaired) electrons. The van der Waals surface area contributed by atoms with E-state index < -0.39 is 0 Å². The van der Waals surface area contributed by atoms with Crippen molar-refractivity contribution in [3.05, 3.63) is 11.7 Å². The molecule has 0 aliphatic carbocycles. The summed E-state index contributed by atoms with van der Waals surface area (Å²) in [7, 11) is 0. The van der Waals surface area contributed by atoms with Gasteiger partial charge >= 0.3 is 0 Å². The first-order valence-corrected chi connectivity index (χ1v) is 7.14. The highest BCUT2D eigenvalue weighted by Gasteiger charge is 2.30. The predicted molar refractivity (Wildman–Crippen MR) is 90.7 cm³/mol. The molecule has 0 spiro atoms. The fourth-order valence-electron chi connectivity index (χ4n) is 2.31. The standard InChI is InChI=1S/C13H23N5O2.HI/c1-4-18(5-2)13(14)15-8-10-6-7-11(19-10)12-16-9(3)17-20-12;/h10-11H,4-8H2,1-3H3,(H2,14,15);1H/t10-,11+;/m1./s1. The predicted octanol–water partition coefficient (Wildman–Crippen LogP) is 1.87. The summed E-state index contributed by atoms with van der Waals surface area (Å²) in [5.41, 5.74) is 5.95. The number of hydrogen-bond acceptors (Lipinski definition) is 5. The summed E-state index contributed by atoms with van der Waals surface area (Å²) in [5, 5.41) is 3.79. The average molecular weight is 409 g/mol. The molecule has 21 heavy (non-hydrogen) atoms. The zero-order chi connectivity index (χ0) is 14.5. The molecule has 0 aromatic carbocycles. The molecule has 2 heterocycles. The van der Waals surface area contributed by atoms with Gasteiger partial charge in [0, 0.05) is 13.1 Å². The number of nitrogens with two attached hydrogens (primary N) is 1. The van der Waals surface area contributed by atoms with Gasteiger partial charge in [-0.15, -0.1) is 24.0 Å². The van der Waals surface area contributed by atoms with Crippen LogP contribution in [0.5, 0.6) is 0 Å². The second-order valence-electron chi connectivity index (χ2n) is 4.88. The van der Waals surface area contributed by atoms with E-state index in [2.05, 4.69) is 29.0 Å². The third-order valence-electron chi connectivity index (χ3n) is 3.47. The van der Waals surface area contributed by atoms with Crippen LogP contribution < -0.4 is 5.73 Å². The summed E-state index contributed by atoms with van der Waals surface area (Å²) in [6.45, 7) is 8.22. The van der Waals surface area contributed by atoms with Gasteiger partial charge < -0.3 is 19.9 Å². The SMILES string of the molecule is CCN(CC)C(N)=NC[C@H]1CC[C@@H](c2nc(C)no2)O1.I. The van der Waals surface area contributed by atoms with E-state index in [1.54, 1.807) is 6.92 Å². The van der Waals surface area contributed by atoms with Gasteiger partial charge in [0.15, 0.2) is 11.8 Å². The number of rotatable bonds is 5. The highest BCUT2D eigenvalue weighted by Crippen LogP contribution is 2.31. The molecular weight excluding hydrogens is 385 g/mol. The van der Waals surface area contributed by atoms with Crippen molar-refractivity contribution in [1.29, 1.82) is 0 Å². The monoisotopic (exact) mass is 409 g/mol. The van der Waals surface area contributed by atoms with Gasteiger partial charge in [0.25, 0.3) is 5.89 Å². The van der Waals surface area contributed by atoms with Crippen molar-refractivity contribution in [3.63, 3.8) is 0 Å². The Morgan fingerprint density at radius 3 is 2.67 bits per heavy atom. The number of guanidine groups is 1. The van der Waals surface area contributed by atoms with Crippen molar-refractivity contribution >= 4 is 29.9 Å². The van der Waals surface area contributed by atoms with E-state index in [-0.39, 0.29) is 36.2 Å². The Morgan fingerprint density at radius 2 is 2.10 bits per heavy atom. The molecule has 0 saturated carbocycles. The summed E-state index contributed by atoms with van der Waals surface area (Å²) in [4.78, 5) is 10.6. The molecular formula is C13H24IN5O2. The van der Waals surface area contributed by atoms with E-state index in [1.807, 2.05) is 4.90 Å². The molecule has 2 N–H and O–H groups in total. The molecule has 1 aromatic heterocycles. The van der Waals surface area contributed by atoms with Crippen molar-refractivity contribution in [3.8, 4) is 0 Å². The van der Waals surface area contributed by atoms with Crippen LogP contribution in [-0.4, -0.2) is 46.7 Å². The highest BCUT2D eigenvalue weighted by molar-refractivity contribution is 14.0. The minimum atomic E-state index is -0.105. The lowest BCUT2D eigenvalue weighted by Gasteiger charge is -2.20. The molecule has 2 atom stereocenters. The van der Waals surface area contributed by atoms with Crippen molar-refractivity contribution in [1.82, 2.24) is 15.0 Å². The number of halogens is 1. The van der Waals surface area contributed by atoms with Gasteiger partial charge in [-0.2, -0.15) is 4.98 Å². The minimum absolute atomic E-state index is 0. The molecule has 1 aliphatic heterocycles. The molecule has 2 rings (SSSR count). The maximum Gasteiger partial charge on any atom is 0.255 e. The Bertz CT molecular complexity index is 461. The average Bonchev–Trinajstić information content (AvgIpc) is 3.06. The topological polar surface area (TPSA) is 89.8 Å². The highest BCUT2D eigenvalue weighted by atomic mass is 127. The summed E-state index contributed by atoms with van der Waals surface area (Å²) >= 11 is 0. The summed E-state index contributed by atoms with van der Waals surface area (Å²) < 4.78 is 11.0. The Hall–Kier alpha value is -0.900. The van der Waals surface area contributed by atoms with Crippen LogP contribution >= 0.6 is 24.0 Å². The molecule has 0 amide bonds. The lowest BCUT2D eigenvalue weighted by molar-refractivity contribution is 0.0308. The Kier molecular flexibility index (Phi) is 7.36. The number of aryl methyl sites for hydroxylation is 1. The zero-order valence-electron chi connectivity index (χ0n) is 12.8. The van der Waals surface area contributed by atoms with Crippen LogP contribution in [-0.2, 0) is 4.74 Å². The molecule has 1 saturated heterocycles. The van der Waals surface area contributed by atoms with Crippen molar-refractivity contribution in [2.24, 2.45) is 10.7 Å². The largest absolute Gasteiger partial charge is 0.370 e. The van der Waals surface area contributed by atoms with Gasteiger partial charge in [-0.3, -0.25) is 4.99 Å². The minimum Gasteiger partial charge on any atom is -0.370 e. The van der Waals surface area contributed by atoms with E-state index >= 15 is 0 Å². The molecule has 1 fully saturated rings. The van der Waals surface area contributed by atoms with Crippen molar-refractivity contribution in [2.75, 3.05) is 19.6 Å². The summed E-state index contributed by atoms with van der Waals surface area (Å²) in [6, 6.07) is 0. The first-order chi connectivity index (χ1) is 9.63. The summed E-state index contributed by atoms with van der Waals surface area (Å²) in [6.07, 6.45) is 1.78. The van der Waals surface area contributed by atoms with Crippen LogP contribution in [0.15, 0.2) is 9.52 Å². The molecule has 8 heteroatoms. The lowest BCUT2D eigenvalue weighted by atomic mass is 10.2. The zero-order valence-corrected chi connectivity index (χ0v) is 15.1. The molecule has 1 aromatic rings. The van der Waals surface area contributed by atoms with Gasteiger partial charge in [-0.25, -0.2) is 0 Å². The van der Waals surface area contributed by atoms with Gasteiger partial charge in [0.2, 0.25) is 0 Å². The third kappa shape index (κ3) is 4.80. The molecule has 0 bridgehead atoms. The van der Waals surface area contributed by atoms with Gasteiger partial charge in [0.05, 0.1) is 12.6 Å². The molecule has 120 valence electrons. The molecule has 7 nitrogen and oxygen atoms in total. The normalized spacial score (nSPS) is 22.1. The molecule has 1 aliphatic rings. The number of hydrogen-bond donors (Lipinski definition) is 1. The van der Waals surface area contributed by atoms with Crippen LogP contribution in [0.2, 0.25) is 0 Å². The first kappa shape index (κ1) is 18.1. The first-order valence-electron chi connectivity index (χ1n) is 7.14. The second kappa shape index (κ2) is 8.52. The van der Waals surface area contributed by atoms with Crippen LogP contribution in [0, 0.1) is 6.92 Å². The number of aromatic nitrogens is 2. The molecule has 0 unspecified atom stereocenters. The number of ether oxygens (including phenoxy) is 1. The fourth-order valence-corrected chi connectivity index (χ4v) is 2.31. The second-order valence-corrected chi connectivity index (χ2v) is 4.88. The fraction of sp³-hybridized carbons (Fsp3) is 0.769. The van der Waals surface area contributed by atoms with E-state index in [1.165, 1.54) is 0 Å². The maximum atomic E-state index is 5.95. The van der Waals surface area contributed by atoms with Crippen LogP contribution in [0.3, 0.4) is 0 Å². The quantitative estimate of drug-likeness (QED) is 0.454. The Morgan fingerprint density at radius 1 is 1.38 bits per heavy atom. The lowest BCUT2D eigenvalue weighted by Crippen LogP contribution is -2.37. The Balaban J connectivity index is 0.00000220. The van der Waals surface area contributed by atoms with Crippen LogP contribution in [0.4, 0.5) is 0 Å². The van der Waals surface area contributed by atoms with Crippen LogP contribution in [0.1, 0.15) is 44.5 Å².